The highest BCUT2D eigenvalue weighted by Gasteiger charge is 2.16. The Balaban J connectivity index is 2.42. The second kappa shape index (κ2) is 6.85. The van der Waals surface area contributed by atoms with Gasteiger partial charge in [0.15, 0.2) is 0 Å². The number of nitrogens with one attached hydrogen (secondary N) is 1. The molecule has 1 unspecified atom stereocenters. The number of allylic oxidation sites excluding steroid dienone is 1. The van der Waals surface area contributed by atoms with E-state index >= 15 is 0 Å². The lowest BCUT2D eigenvalue weighted by molar-refractivity contribution is 0.0958. The zero-order valence-corrected chi connectivity index (χ0v) is 9.21. The fourth-order valence-electron chi connectivity index (χ4n) is 1.54. The average molecular weight is 199 g/mol. The van der Waals surface area contributed by atoms with Crippen LogP contribution in [-0.4, -0.2) is 32.4 Å². The van der Waals surface area contributed by atoms with Crippen LogP contribution >= 0.6 is 0 Å². The van der Waals surface area contributed by atoms with Crippen LogP contribution in [0.15, 0.2) is 11.8 Å². The smallest absolute Gasteiger partial charge is 0.111 e. The van der Waals surface area contributed by atoms with Gasteiger partial charge < -0.3 is 14.8 Å². The first-order valence-electron chi connectivity index (χ1n) is 5.52. The summed E-state index contributed by atoms with van der Waals surface area (Å²) in [6, 6.07) is 0.236. The maximum atomic E-state index is 5.61. The minimum Gasteiger partial charge on any atom is -0.497 e. The molecule has 0 fully saturated rings. The van der Waals surface area contributed by atoms with Crippen molar-refractivity contribution in [2.45, 2.75) is 32.7 Å². The van der Waals surface area contributed by atoms with E-state index in [4.69, 9.17) is 9.47 Å². The van der Waals surface area contributed by atoms with E-state index in [1.54, 1.807) is 0 Å². The molecule has 0 saturated heterocycles. The Morgan fingerprint density at radius 1 is 1.57 bits per heavy atom. The van der Waals surface area contributed by atoms with Gasteiger partial charge in [-0.15, -0.1) is 0 Å². The van der Waals surface area contributed by atoms with E-state index in [2.05, 4.69) is 18.3 Å². The van der Waals surface area contributed by atoms with Gasteiger partial charge in [-0.1, -0.05) is 6.92 Å². The van der Waals surface area contributed by atoms with Crippen LogP contribution in [0.1, 0.15) is 26.7 Å². The van der Waals surface area contributed by atoms with Gasteiger partial charge >= 0.3 is 0 Å². The van der Waals surface area contributed by atoms with E-state index in [0.717, 1.165) is 38.4 Å². The second-order valence-electron chi connectivity index (χ2n) is 3.37. The van der Waals surface area contributed by atoms with E-state index in [-0.39, 0.29) is 6.04 Å². The number of ether oxygens (including phenoxy) is 2. The maximum Gasteiger partial charge on any atom is 0.111 e. The van der Waals surface area contributed by atoms with E-state index in [1.807, 2.05) is 6.92 Å². The molecule has 1 rings (SSSR count). The van der Waals surface area contributed by atoms with Crippen LogP contribution in [0.4, 0.5) is 0 Å². The summed E-state index contributed by atoms with van der Waals surface area (Å²) in [6.07, 6.45) is 4.44. The summed E-state index contributed by atoms with van der Waals surface area (Å²) in [5.74, 6) is 1.06. The van der Waals surface area contributed by atoms with Gasteiger partial charge in [0.05, 0.1) is 19.3 Å². The molecule has 0 radical (unpaired) electrons. The molecule has 1 aliphatic rings. The Bertz CT molecular complexity index is 180. The fourth-order valence-corrected chi connectivity index (χ4v) is 1.54. The van der Waals surface area contributed by atoms with Crippen LogP contribution in [0, 0.1) is 0 Å². The zero-order valence-electron chi connectivity index (χ0n) is 9.21. The quantitative estimate of drug-likeness (QED) is 0.706. The third-order valence-corrected chi connectivity index (χ3v) is 2.25. The fraction of sp³-hybridized carbons (Fsp3) is 0.818. The summed E-state index contributed by atoms with van der Waals surface area (Å²) >= 11 is 0. The highest BCUT2D eigenvalue weighted by atomic mass is 16.5. The predicted molar refractivity (Wildman–Crippen MR) is 57.2 cm³/mol. The third-order valence-electron chi connectivity index (χ3n) is 2.25. The Labute approximate surface area is 86.5 Å². The van der Waals surface area contributed by atoms with Crippen molar-refractivity contribution in [1.82, 2.24) is 5.32 Å². The summed E-state index contributed by atoms with van der Waals surface area (Å²) in [6.45, 7) is 7.37. The summed E-state index contributed by atoms with van der Waals surface area (Å²) in [5, 5.41) is 3.37. The van der Waals surface area contributed by atoms with Gasteiger partial charge in [0.25, 0.3) is 0 Å². The van der Waals surface area contributed by atoms with E-state index in [9.17, 15) is 0 Å². The Morgan fingerprint density at radius 2 is 2.43 bits per heavy atom. The molecule has 0 bridgehead atoms. The Kier molecular flexibility index (Phi) is 5.64. The molecule has 0 amide bonds. The Hall–Kier alpha value is -0.540. The molecule has 0 aromatic rings. The van der Waals surface area contributed by atoms with Gasteiger partial charge in [-0.3, -0.25) is 0 Å². The first kappa shape index (κ1) is 11.5. The second-order valence-corrected chi connectivity index (χ2v) is 3.37. The molecule has 1 N–H and O–H groups in total. The number of likely N-dealkylation sites (N-methyl/N-ethyl adjacent to an activating group) is 1. The van der Waals surface area contributed by atoms with Gasteiger partial charge in [-0.25, -0.2) is 0 Å². The lowest BCUT2D eigenvalue weighted by Gasteiger charge is -2.24. The number of rotatable bonds is 6. The van der Waals surface area contributed by atoms with Crippen molar-refractivity contribution < 1.29 is 9.47 Å². The van der Waals surface area contributed by atoms with Crippen molar-refractivity contribution >= 4 is 0 Å². The number of hydrogen-bond acceptors (Lipinski definition) is 3. The van der Waals surface area contributed by atoms with Crippen LogP contribution in [0.3, 0.4) is 0 Å². The molecule has 3 nitrogen and oxygen atoms in total. The molecular weight excluding hydrogens is 178 g/mol. The van der Waals surface area contributed by atoms with E-state index in [0.29, 0.717) is 6.61 Å². The van der Waals surface area contributed by atoms with Crippen LogP contribution in [0.2, 0.25) is 0 Å². The topological polar surface area (TPSA) is 30.5 Å². The molecule has 14 heavy (non-hydrogen) atoms. The molecule has 1 aliphatic heterocycles. The van der Waals surface area contributed by atoms with Gasteiger partial charge in [-0.05, 0) is 32.4 Å². The van der Waals surface area contributed by atoms with Gasteiger partial charge in [0.1, 0.15) is 5.76 Å². The standard InChI is InChI=1S/C11H21NO2/c1-3-12-10(9-13-4-2)11-7-5-6-8-14-11/h7,10,12H,3-6,8-9H2,1-2H3. The monoisotopic (exact) mass is 199 g/mol. The van der Waals surface area contributed by atoms with Crippen molar-refractivity contribution in [1.29, 1.82) is 0 Å². The van der Waals surface area contributed by atoms with Crippen molar-refractivity contribution in [3.8, 4) is 0 Å². The summed E-state index contributed by atoms with van der Waals surface area (Å²) in [7, 11) is 0. The van der Waals surface area contributed by atoms with Gasteiger partial charge in [0.2, 0.25) is 0 Å². The number of hydrogen-bond donors (Lipinski definition) is 1. The summed E-state index contributed by atoms with van der Waals surface area (Å²) in [5.41, 5.74) is 0. The van der Waals surface area contributed by atoms with Crippen molar-refractivity contribution in [3.05, 3.63) is 11.8 Å². The largest absolute Gasteiger partial charge is 0.497 e. The molecule has 0 aromatic carbocycles. The SMILES string of the molecule is CCNC(COCC)C1=CCCCO1. The van der Waals surface area contributed by atoms with Crippen LogP contribution in [-0.2, 0) is 9.47 Å². The summed E-state index contributed by atoms with van der Waals surface area (Å²) in [4.78, 5) is 0. The van der Waals surface area contributed by atoms with Crippen LogP contribution in [0.5, 0.6) is 0 Å². The van der Waals surface area contributed by atoms with Crippen molar-refractivity contribution in [3.63, 3.8) is 0 Å². The zero-order chi connectivity index (χ0) is 10.2. The van der Waals surface area contributed by atoms with Gasteiger partial charge in [0, 0.05) is 6.61 Å². The predicted octanol–water partition coefficient (Wildman–Crippen LogP) is 1.70. The normalized spacial score (nSPS) is 18.6. The molecule has 0 saturated carbocycles. The van der Waals surface area contributed by atoms with Gasteiger partial charge in [-0.2, -0.15) is 0 Å². The first-order chi connectivity index (χ1) is 6.88. The molecule has 3 heteroatoms. The third kappa shape index (κ3) is 3.68. The first-order valence-corrected chi connectivity index (χ1v) is 5.52. The molecule has 82 valence electrons. The van der Waals surface area contributed by atoms with Crippen LogP contribution < -0.4 is 5.32 Å². The van der Waals surface area contributed by atoms with Crippen LogP contribution in [0.25, 0.3) is 0 Å². The minimum absolute atomic E-state index is 0.236. The highest BCUT2D eigenvalue weighted by Crippen LogP contribution is 2.13. The molecule has 0 aromatic heterocycles. The average Bonchev–Trinajstić information content (AvgIpc) is 2.25. The lowest BCUT2D eigenvalue weighted by atomic mass is 10.1. The van der Waals surface area contributed by atoms with E-state index in [1.165, 1.54) is 0 Å². The highest BCUT2D eigenvalue weighted by molar-refractivity contribution is 5.05. The van der Waals surface area contributed by atoms with E-state index < -0.39 is 0 Å². The van der Waals surface area contributed by atoms with Crippen molar-refractivity contribution in [2.75, 3.05) is 26.4 Å². The molecular formula is C11H21NO2. The maximum absolute atomic E-state index is 5.61. The lowest BCUT2D eigenvalue weighted by Crippen LogP contribution is -2.36. The molecule has 0 aliphatic carbocycles. The van der Waals surface area contributed by atoms with Crippen molar-refractivity contribution in [2.24, 2.45) is 0 Å². The Morgan fingerprint density at radius 3 is 3.00 bits per heavy atom. The summed E-state index contributed by atoms with van der Waals surface area (Å²) < 4.78 is 11.0. The molecule has 0 spiro atoms. The molecule has 1 atom stereocenters. The minimum atomic E-state index is 0.236. The molecule has 1 heterocycles.